The lowest BCUT2D eigenvalue weighted by atomic mass is 9.98. The van der Waals surface area contributed by atoms with Crippen LogP contribution in [0.15, 0.2) is 24.4 Å². The molecule has 0 atom stereocenters. The maximum absolute atomic E-state index is 7.33. The molecule has 110 valence electrons. The van der Waals surface area contributed by atoms with Crippen LogP contribution in [0.3, 0.4) is 0 Å². The Labute approximate surface area is 134 Å². The lowest BCUT2D eigenvalue weighted by molar-refractivity contribution is -0.749. The normalized spacial score (nSPS) is 11.9. The van der Waals surface area contributed by atoms with Gasteiger partial charge in [-0.05, 0) is 43.5 Å². The van der Waals surface area contributed by atoms with Crippen molar-refractivity contribution in [2.75, 3.05) is 0 Å². The van der Waals surface area contributed by atoms with Crippen LogP contribution in [0.2, 0.25) is 0 Å². The average molecular weight is 299 g/mol. The van der Waals surface area contributed by atoms with E-state index in [2.05, 4.69) is 52.1 Å². The predicted molar refractivity (Wildman–Crippen MR) is 89.3 cm³/mol. The van der Waals surface area contributed by atoms with E-state index in [1.807, 2.05) is 12.1 Å². The maximum Gasteiger partial charge on any atom is 0.202 e. The summed E-state index contributed by atoms with van der Waals surface area (Å²) >= 11 is 0. The van der Waals surface area contributed by atoms with E-state index in [1.54, 1.807) is 0 Å². The fourth-order valence-corrected chi connectivity index (χ4v) is 3.58. The van der Waals surface area contributed by atoms with Gasteiger partial charge in [-0.2, -0.15) is 0 Å². The van der Waals surface area contributed by atoms with Gasteiger partial charge in [0.25, 0.3) is 0 Å². The zero-order chi connectivity index (χ0) is 16.3. The molecule has 0 fully saturated rings. The summed E-state index contributed by atoms with van der Waals surface area (Å²) in [5.74, 6) is 0. The van der Waals surface area contributed by atoms with Gasteiger partial charge in [0.2, 0.25) is 6.20 Å². The van der Waals surface area contributed by atoms with Crippen molar-refractivity contribution in [1.29, 1.82) is 0 Å². The Kier molecular flexibility index (Phi) is 2.62. The fourth-order valence-electron chi connectivity index (χ4n) is 3.58. The number of aromatic nitrogens is 2. The molecule has 0 aliphatic carbocycles. The molecule has 2 heterocycles. The van der Waals surface area contributed by atoms with Crippen LogP contribution >= 0.6 is 0 Å². The van der Waals surface area contributed by atoms with Crippen LogP contribution in [0.1, 0.15) is 22.3 Å². The number of hydrogen-bond acceptors (Lipinski definition) is 0. The smallest absolute Gasteiger partial charge is 0.202 e. The highest BCUT2D eigenvalue weighted by atomic mass is 15.4. The van der Waals surface area contributed by atoms with E-state index in [4.69, 9.17) is 13.1 Å². The van der Waals surface area contributed by atoms with Gasteiger partial charge < -0.3 is 0 Å². The van der Waals surface area contributed by atoms with E-state index >= 15 is 0 Å². The SMILES string of the molecule is [C-]#[N+]c1cc2c[n+]3n(c2cc1[N+]#[C-])-c1c(C)cc(C)c(C)c1C3. The predicted octanol–water partition coefficient (Wildman–Crippen LogP) is 4.31. The van der Waals surface area contributed by atoms with Gasteiger partial charge in [-0.1, -0.05) is 12.1 Å². The van der Waals surface area contributed by atoms with Crippen LogP contribution < -0.4 is 4.68 Å². The van der Waals surface area contributed by atoms with Crippen LogP contribution in [0.25, 0.3) is 26.3 Å². The van der Waals surface area contributed by atoms with Crippen molar-refractivity contribution < 1.29 is 4.68 Å². The molecule has 23 heavy (non-hydrogen) atoms. The molecular weight excluding hydrogens is 284 g/mol. The molecule has 4 heteroatoms. The number of aryl methyl sites for hydroxylation is 2. The second-order valence-electron chi connectivity index (χ2n) is 6.12. The minimum atomic E-state index is 0.420. The van der Waals surface area contributed by atoms with Crippen LogP contribution in [-0.4, -0.2) is 4.68 Å². The summed E-state index contributed by atoms with van der Waals surface area (Å²) in [7, 11) is 0. The molecule has 0 spiro atoms. The van der Waals surface area contributed by atoms with Crippen molar-refractivity contribution in [1.82, 2.24) is 4.68 Å². The van der Waals surface area contributed by atoms with E-state index in [0.717, 1.165) is 17.4 Å². The molecule has 0 bridgehead atoms. The summed E-state index contributed by atoms with van der Waals surface area (Å²) in [6.45, 7) is 21.9. The lowest BCUT2D eigenvalue weighted by Gasteiger charge is -2.08. The van der Waals surface area contributed by atoms with Crippen molar-refractivity contribution >= 4 is 22.3 Å². The van der Waals surface area contributed by atoms with Crippen LogP contribution in [-0.2, 0) is 6.54 Å². The monoisotopic (exact) mass is 299 g/mol. The first-order valence-corrected chi connectivity index (χ1v) is 7.49. The lowest BCUT2D eigenvalue weighted by Crippen LogP contribution is -2.36. The first-order valence-electron chi connectivity index (χ1n) is 7.49. The van der Waals surface area contributed by atoms with Gasteiger partial charge in [0.1, 0.15) is 11.2 Å². The van der Waals surface area contributed by atoms with Crippen molar-refractivity contribution in [3.63, 3.8) is 0 Å². The highest BCUT2D eigenvalue weighted by molar-refractivity contribution is 5.91. The molecule has 0 radical (unpaired) electrons. The Morgan fingerprint density at radius 3 is 2.39 bits per heavy atom. The standard InChI is InChI=1S/C19H15N4/c1-11-6-12(2)19-15(13(11)3)10-22-9-14-7-16(20-4)17(21-5)8-18(14)23(19)22/h6-9H,10H2,1-3H3/q+1. The summed E-state index contributed by atoms with van der Waals surface area (Å²) < 4.78 is 4.37. The molecule has 0 saturated heterocycles. The van der Waals surface area contributed by atoms with Crippen LogP contribution in [0, 0.1) is 33.9 Å². The highest BCUT2D eigenvalue weighted by Crippen LogP contribution is 2.36. The number of nitrogens with zero attached hydrogens (tertiary/aromatic N) is 4. The molecule has 1 aliphatic rings. The third kappa shape index (κ3) is 1.67. The minimum absolute atomic E-state index is 0.420. The summed E-state index contributed by atoms with van der Waals surface area (Å²) in [5.41, 5.74) is 8.29. The molecule has 1 aliphatic heterocycles. The fraction of sp³-hybridized carbons (Fsp3) is 0.211. The van der Waals surface area contributed by atoms with E-state index in [1.165, 1.54) is 27.9 Å². The van der Waals surface area contributed by atoms with Crippen LogP contribution in [0.5, 0.6) is 0 Å². The molecular formula is C19H15N4+. The number of hydrogen-bond donors (Lipinski definition) is 0. The van der Waals surface area contributed by atoms with Gasteiger partial charge in [-0.25, -0.2) is 0 Å². The molecule has 0 saturated carbocycles. The summed E-state index contributed by atoms with van der Waals surface area (Å²) in [6, 6.07) is 5.89. The third-order valence-corrected chi connectivity index (χ3v) is 4.81. The van der Waals surface area contributed by atoms with Crippen molar-refractivity contribution in [2.45, 2.75) is 27.3 Å². The average Bonchev–Trinajstić information content (AvgIpc) is 3.06. The Morgan fingerprint density at radius 1 is 1.00 bits per heavy atom. The summed E-state index contributed by atoms with van der Waals surface area (Å²) in [5, 5.41) is 1.01. The van der Waals surface area contributed by atoms with Gasteiger partial charge >= 0.3 is 0 Å². The summed E-state index contributed by atoms with van der Waals surface area (Å²) in [4.78, 5) is 7.00. The number of benzene rings is 2. The van der Waals surface area contributed by atoms with Gasteiger partial charge in [0.15, 0.2) is 17.9 Å². The van der Waals surface area contributed by atoms with E-state index < -0.39 is 0 Å². The molecule has 0 amide bonds. The van der Waals surface area contributed by atoms with E-state index in [-0.39, 0.29) is 0 Å². The third-order valence-electron chi connectivity index (χ3n) is 4.81. The van der Waals surface area contributed by atoms with Crippen molar-refractivity contribution in [2.24, 2.45) is 0 Å². The largest absolute Gasteiger partial charge is 0.250 e. The highest BCUT2D eigenvalue weighted by Gasteiger charge is 2.31. The molecule has 2 aromatic carbocycles. The topological polar surface area (TPSA) is 17.5 Å². The number of fused-ring (bicyclic) bond motifs is 5. The first kappa shape index (κ1) is 13.5. The Morgan fingerprint density at radius 2 is 1.70 bits per heavy atom. The van der Waals surface area contributed by atoms with Gasteiger partial charge in [0, 0.05) is 0 Å². The molecule has 1 aromatic heterocycles. The van der Waals surface area contributed by atoms with Crippen molar-refractivity contribution in [3.8, 4) is 5.69 Å². The second kappa shape index (κ2) is 4.44. The molecule has 4 rings (SSSR count). The van der Waals surface area contributed by atoms with Crippen molar-refractivity contribution in [3.05, 3.63) is 69.5 Å². The maximum atomic E-state index is 7.33. The summed E-state index contributed by atoms with van der Waals surface area (Å²) in [6.07, 6.45) is 2.08. The second-order valence-corrected chi connectivity index (χ2v) is 6.12. The zero-order valence-electron chi connectivity index (χ0n) is 13.3. The first-order chi connectivity index (χ1) is 11.0. The molecule has 3 aromatic rings. The quantitative estimate of drug-likeness (QED) is 0.340. The Hall–Kier alpha value is -3.11. The van der Waals surface area contributed by atoms with Gasteiger partial charge in [0.05, 0.1) is 24.1 Å². The number of rotatable bonds is 0. The molecule has 0 unspecified atom stereocenters. The van der Waals surface area contributed by atoms with E-state index in [0.29, 0.717) is 11.4 Å². The molecule has 0 N–H and O–H groups in total. The molecule has 4 nitrogen and oxygen atoms in total. The van der Waals surface area contributed by atoms with Gasteiger partial charge in [-0.3, -0.25) is 9.69 Å². The Bertz CT molecular complexity index is 1090. The minimum Gasteiger partial charge on any atom is -0.250 e. The van der Waals surface area contributed by atoms with Crippen LogP contribution in [0.4, 0.5) is 11.4 Å². The van der Waals surface area contributed by atoms with E-state index in [9.17, 15) is 0 Å². The zero-order valence-corrected chi connectivity index (χ0v) is 13.3. The van der Waals surface area contributed by atoms with Gasteiger partial charge in [-0.15, -0.1) is 9.36 Å². The Balaban J connectivity index is 2.11.